The molecule has 0 radical (unpaired) electrons. The van der Waals surface area contributed by atoms with Gasteiger partial charge in [0.25, 0.3) is 0 Å². The molecule has 0 aliphatic carbocycles. The summed E-state index contributed by atoms with van der Waals surface area (Å²) in [6.07, 6.45) is 2.62. The number of nitrogens with one attached hydrogen (secondary N) is 1. The van der Waals surface area contributed by atoms with E-state index in [0.29, 0.717) is 6.10 Å². The Balaban J connectivity index is 0.00000220. The van der Waals surface area contributed by atoms with Crippen molar-refractivity contribution in [3.63, 3.8) is 0 Å². The lowest BCUT2D eigenvalue weighted by Gasteiger charge is -2.23. The summed E-state index contributed by atoms with van der Waals surface area (Å²) in [4.78, 5) is 6.46. The first kappa shape index (κ1) is 18.7. The van der Waals surface area contributed by atoms with Gasteiger partial charge in [-0.3, -0.25) is 4.99 Å². The zero-order valence-corrected chi connectivity index (χ0v) is 16.4. The molecule has 1 heterocycles. The van der Waals surface area contributed by atoms with E-state index in [-0.39, 0.29) is 24.0 Å². The maximum absolute atomic E-state index is 5.62. The predicted octanol–water partition coefficient (Wildman–Crippen LogP) is 3.25. The molecule has 21 heavy (non-hydrogen) atoms. The van der Waals surface area contributed by atoms with Gasteiger partial charge in [0, 0.05) is 38.3 Å². The summed E-state index contributed by atoms with van der Waals surface area (Å²) in [5, 5.41) is 3.39. The molecule has 1 atom stereocenters. The number of nitrogens with zero attached hydrogens (tertiary/aromatic N) is 2. The van der Waals surface area contributed by atoms with E-state index in [2.05, 4.69) is 49.3 Å². The predicted molar refractivity (Wildman–Crippen MR) is 101 cm³/mol. The Morgan fingerprint density at radius 3 is 2.86 bits per heavy atom. The number of hydrogen-bond acceptors (Lipinski definition) is 2. The van der Waals surface area contributed by atoms with Crippen LogP contribution in [0.1, 0.15) is 18.4 Å². The first-order valence-corrected chi connectivity index (χ1v) is 7.77. The molecule has 0 bridgehead atoms. The van der Waals surface area contributed by atoms with Crippen LogP contribution in [-0.2, 0) is 11.3 Å². The quantitative estimate of drug-likeness (QED) is 0.419. The summed E-state index contributed by atoms with van der Waals surface area (Å²) in [6, 6.07) is 8.26. The highest BCUT2D eigenvalue weighted by molar-refractivity contribution is 14.0. The Morgan fingerprint density at radius 1 is 1.48 bits per heavy atom. The standard InChI is InChI=1S/C15H22BrN3O.HI/c1-17-15(18-10-13-7-5-9-20-13)19(2)11-12-6-3-4-8-14(12)16;/h3-4,6,8,13H,5,7,9-11H2,1-2H3,(H,17,18);1H. The van der Waals surface area contributed by atoms with Gasteiger partial charge in [-0.2, -0.15) is 0 Å². The third-order valence-electron chi connectivity index (χ3n) is 3.45. The molecule has 118 valence electrons. The SMILES string of the molecule is CN=C(NCC1CCCO1)N(C)Cc1ccccc1Br.I. The van der Waals surface area contributed by atoms with E-state index in [1.807, 2.05) is 20.2 Å². The van der Waals surface area contributed by atoms with Gasteiger partial charge in [0.15, 0.2) is 5.96 Å². The van der Waals surface area contributed by atoms with Gasteiger partial charge in [-0.05, 0) is 24.5 Å². The van der Waals surface area contributed by atoms with Crippen molar-refractivity contribution in [2.75, 3.05) is 27.2 Å². The van der Waals surface area contributed by atoms with Crippen LogP contribution in [0, 0.1) is 0 Å². The van der Waals surface area contributed by atoms with Crippen molar-refractivity contribution in [3.8, 4) is 0 Å². The molecule has 1 unspecified atom stereocenters. The van der Waals surface area contributed by atoms with Crippen LogP contribution in [0.15, 0.2) is 33.7 Å². The maximum Gasteiger partial charge on any atom is 0.193 e. The van der Waals surface area contributed by atoms with Crippen LogP contribution in [0.4, 0.5) is 0 Å². The minimum atomic E-state index is 0. The largest absolute Gasteiger partial charge is 0.376 e. The fraction of sp³-hybridized carbons (Fsp3) is 0.533. The van der Waals surface area contributed by atoms with E-state index >= 15 is 0 Å². The van der Waals surface area contributed by atoms with Crippen LogP contribution in [0.2, 0.25) is 0 Å². The summed E-state index contributed by atoms with van der Waals surface area (Å²) in [6.45, 7) is 2.53. The van der Waals surface area contributed by atoms with Crippen molar-refractivity contribution in [2.45, 2.75) is 25.5 Å². The molecule has 2 rings (SSSR count). The molecule has 0 spiro atoms. The van der Waals surface area contributed by atoms with Crippen molar-refractivity contribution >= 4 is 45.9 Å². The zero-order valence-electron chi connectivity index (χ0n) is 12.5. The van der Waals surface area contributed by atoms with E-state index < -0.39 is 0 Å². The Hall–Kier alpha value is -0.340. The minimum absolute atomic E-state index is 0. The number of ether oxygens (including phenoxy) is 1. The Kier molecular flexibility index (Phi) is 8.58. The molecule has 1 N–H and O–H groups in total. The van der Waals surface area contributed by atoms with Gasteiger partial charge in [-0.15, -0.1) is 24.0 Å². The zero-order chi connectivity index (χ0) is 14.4. The summed E-state index contributed by atoms with van der Waals surface area (Å²) in [5.41, 5.74) is 1.25. The van der Waals surface area contributed by atoms with Gasteiger partial charge in [-0.25, -0.2) is 0 Å². The minimum Gasteiger partial charge on any atom is -0.376 e. The third-order valence-corrected chi connectivity index (χ3v) is 4.22. The monoisotopic (exact) mass is 467 g/mol. The molecule has 0 amide bonds. The average molecular weight is 468 g/mol. The van der Waals surface area contributed by atoms with Crippen molar-refractivity contribution in [1.29, 1.82) is 0 Å². The van der Waals surface area contributed by atoms with Crippen LogP contribution in [0.5, 0.6) is 0 Å². The van der Waals surface area contributed by atoms with Gasteiger partial charge in [0.05, 0.1) is 6.10 Å². The van der Waals surface area contributed by atoms with Gasteiger partial charge >= 0.3 is 0 Å². The van der Waals surface area contributed by atoms with E-state index in [1.165, 1.54) is 5.56 Å². The molecule has 4 nitrogen and oxygen atoms in total. The topological polar surface area (TPSA) is 36.9 Å². The lowest BCUT2D eigenvalue weighted by Crippen LogP contribution is -2.41. The van der Waals surface area contributed by atoms with Gasteiger partial charge < -0.3 is 15.0 Å². The van der Waals surface area contributed by atoms with Gasteiger partial charge in [0.2, 0.25) is 0 Å². The van der Waals surface area contributed by atoms with Gasteiger partial charge in [0.1, 0.15) is 0 Å². The number of aliphatic imine (C=N–C) groups is 1. The number of guanidine groups is 1. The molecule has 1 saturated heterocycles. The first-order valence-electron chi connectivity index (χ1n) is 6.97. The van der Waals surface area contributed by atoms with E-state index in [9.17, 15) is 0 Å². The second-order valence-corrected chi connectivity index (χ2v) is 5.86. The van der Waals surface area contributed by atoms with Crippen LogP contribution >= 0.6 is 39.9 Å². The molecule has 1 fully saturated rings. The fourth-order valence-corrected chi connectivity index (χ4v) is 2.76. The molecule has 0 saturated carbocycles. The first-order chi connectivity index (χ1) is 9.70. The number of halogens is 2. The summed E-state index contributed by atoms with van der Waals surface area (Å²) in [7, 11) is 3.86. The third kappa shape index (κ3) is 5.75. The van der Waals surface area contributed by atoms with Crippen molar-refractivity contribution in [2.24, 2.45) is 4.99 Å². The number of hydrogen-bond donors (Lipinski definition) is 1. The van der Waals surface area contributed by atoms with E-state index in [1.54, 1.807) is 0 Å². The molecule has 1 aromatic carbocycles. The molecule has 1 aromatic rings. The highest BCUT2D eigenvalue weighted by atomic mass is 127. The molecular formula is C15H23BrIN3O. The Morgan fingerprint density at radius 2 is 2.24 bits per heavy atom. The van der Waals surface area contributed by atoms with Crippen LogP contribution in [0.25, 0.3) is 0 Å². The normalized spacial score (nSPS) is 18.2. The molecule has 1 aliphatic rings. The molecule has 1 aliphatic heterocycles. The number of rotatable bonds is 4. The Bertz CT molecular complexity index is 464. The van der Waals surface area contributed by atoms with Crippen LogP contribution < -0.4 is 5.32 Å². The maximum atomic E-state index is 5.62. The smallest absolute Gasteiger partial charge is 0.193 e. The van der Waals surface area contributed by atoms with E-state index in [0.717, 1.165) is 43.0 Å². The van der Waals surface area contributed by atoms with E-state index in [4.69, 9.17) is 4.74 Å². The molecule has 6 heteroatoms. The summed E-state index contributed by atoms with van der Waals surface area (Å²) < 4.78 is 6.75. The number of benzene rings is 1. The average Bonchev–Trinajstić information content (AvgIpc) is 2.95. The van der Waals surface area contributed by atoms with Crippen LogP contribution in [-0.4, -0.2) is 44.2 Å². The lowest BCUT2D eigenvalue weighted by molar-refractivity contribution is 0.113. The van der Waals surface area contributed by atoms with Gasteiger partial charge in [-0.1, -0.05) is 34.1 Å². The van der Waals surface area contributed by atoms with Crippen molar-refractivity contribution < 1.29 is 4.74 Å². The van der Waals surface area contributed by atoms with Crippen LogP contribution in [0.3, 0.4) is 0 Å². The second kappa shape index (κ2) is 9.63. The molecular weight excluding hydrogens is 445 g/mol. The second-order valence-electron chi connectivity index (χ2n) is 5.01. The highest BCUT2D eigenvalue weighted by Crippen LogP contribution is 2.17. The summed E-state index contributed by atoms with van der Waals surface area (Å²) >= 11 is 3.58. The summed E-state index contributed by atoms with van der Waals surface area (Å²) in [5.74, 6) is 0.899. The highest BCUT2D eigenvalue weighted by Gasteiger charge is 2.16. The van der Waals surface area contributed by atoms with Crippen molar-refractivity contribution in [3.05, 3.63) is 34.3 Å². The Labute approximate surface area is 152 Å². The lowest BCUT2D eigenvalue weighted by atomic mass is 10.2. The molecule has 0 aromatic heterocycles. The van der Waals surface area contributed by atoms with Crippen molar-refractivity contribution in [1.82, 2.24) is 10.2 Å². The fourth-order valence-electron chi connectivity index (χ4n) is 2.35.